The highest BCUT2D eigenvalue weighted by atomic mass is 32.1. The number of benzene rings is 1. The highest BCUT2D eigenvalue weighted by Gasteiger charge is 2.17. The molecule has 0 aliphatic carbocycles. The quantitative estimate of drug-likeness (QED) is 0.711. The molecule has 23 heavy (non-hydrogen) atoms. The summed E-state index contributed by atoms with van der Waals surface area (Å²) in [4.78, 5) is 5.65. The van der Waals surface area contributed by atoms with E-state index in [1.807, 2.05) is 22.9 Å². The van der Waals surface area contributed by atoms with Crippen LogP contribution in [0.2, 0.25) is 0 Å². The zero-order valence-corrected chi connectivity index (χ0v) is 14.3. The van der Waals surface area contributed by atoms with Crippen LogP contribution in [0.15, 0.2) is 36.0 Å². The molecule has 0 radical (unpaired) electrons. The van der Waals surface area contributed by atoms with Crippen LogP contribution < -0.4 is 14.2 Å². The fourth-order valence-electron chi connectivity index (χ4n) is 2.49. The molecule has 0 N–H and O–H groups in total. The Labute approximate surface area is 139 Å². The Balaban J connectivity index is 2.17. The number of imidazole rings is 1. The van der Waals surface area contributed by atoms with Crippen molar-refractivity contribution < 1.29 is 14.2 Å². The molecule has 0 atom stereocenters. The van der Waals surface area contributed by atoms with Crippen LogP contribution in [0.3, 0.4) is 0 Å². The molecule has 3 aromatic rings. The van der Waals surface area contributed by atoms with Gasteiger partial charge in [-0.3, -0.25) is 4.57 Å². The van der Waals surface area contributed by atoms with Gasteiger partial charge < -0.3 is 14.2 Å². The maximum atomic E-state index is 5.44. The Morgan fingerprint density at radius 2 is 1.74 bits per heavy atom. The monoisotopic (exact) mass is 330 g/mol. The first-order chi connectivity index (χ1) is 11.2. The van der Waals surface area contributed by atoms with E-state index in [-0.39, 0.29) is 0 Å². The molecule has 0 saturated carbocycles. The van der Waals surface area contributed by atoms with Crippen LogP contribution in [0.1, 0.15) is 5.56 Å². The van der Waals surface area contributed by atoms with Gasteiger partial charge in [0.2, 0.25) is 5.75 Å². The van der Waals surface area contributed by atoms with Gasteiger partial charge in [-0.05, 0) is 23.9 Å². The fourth-order valence-corrected chi connectivity index (χ4v) is 3.41. The molecular weight excluding hydrogens is 312 g/mol. The molecule has 0 aliphatic heterocycles. The highest BCUT2D eigenvalue weighted by molar-refractivity contribution is 7.13. The molecular formula is C17H18N2O3S. The van der Waals surface area contributed by atoms with Gasteiger partial charge in [-0.1, -0.05) is 0 Å². The number of rotatable bonds is 5. The number of thiophene rings is 1. The SMILES string of the molecule is COc1cc(-n2ccnc2-c2sccc2C)cc(OC)c1OC. The van der Waals surface area contributed by atoms with Crippen LogP contribution in [0.4, 0.5) is 0 Å². The molecule has 120 valence electrons. The molecule has 0 bridgehead atoms. The van der Waals surface area contributed by atoms with Gasteiger partial charge in [0.15, 0.2) is 17.3 Å². The Morgan fingerprint density at radius 3 is 2.26 bits per heavy atom. The smallest absolute Gasteiger partial charge is 0.203 e. The first kappa shape index (κ1) is 15.4. The van der Waals surface area contributed by atoms with Crippen LogP contribution in [0, 0.1) is 6.92 Å². The predicted molar refractivity (Wildman–Crippen MR) is 91.3 cm³/mol. The number of methoxy groups -OCH3 is 3. The maximum absolute atomic E-state index is 5.44. The Hall–Kier alpha value is -2.47. The molecule has 0 spiro atoms. The molecule has 3 rings (SSSR count). The standard InChI is InChI=1S/C17H18N2O3S/c1-11-5-8-23-16(11)17-18-6-7-19(17)12-9-13(20-2)15(22-4)14(10-12)21-3/h5-10H,1-4H3. The van der Waals surface area contributed by atoms with Crippen molar-refractivity contribution >= 4 is 11.3 Å². The van der Waals surface area contributed by atoms with Crippen molar-refractivity contribution in [2.24, 2.45) is 0 Å². The van der Waals surface area contributed by atoms with Crippen molar-refractivity contribution in [3.8, 4) is 33.6 Å². The number of hydrogen-bond donors (Lipinski definition) is 0. The first-order valence-corrected chi connectivity index (χ1v) is 7.95. The first-order valence-electron chi connectivity index (χ1n) is 7.07. The third-order valence-corrected chi connectivity index (χ3v) is 4.65. The number of nitrogens with zero attached hydrogens (tertiary/aromatic N) is 2. The third kappa shape index (κ3) is 2.66. The normalized spacial score (nSPS) is 10.6. The minimum atomic E-state index is 0.577. The summed E-state index contributed by atoms with van der Waals surface area (Å²) in [5.74, 6) is 2.70. The Morgan fingerprint density at radius 1 is 1.04 bits per heavy atom. The van der Waals surface area contributed by atoms with Crippen molar-refractivity contribution in [1.29, 1.82) is 0 Å². The zero-order valence-electron chi connectivity index (χ0n) is 13.5. The Kier molecular flexibility index (Phi) is 4.25. The van der Waals surface area contributed by atoms with Gasteiger partial charge in [0.1, 0.15) is 0 Å². The Bertz CT molecular complexity index is 798. The van der Waals surface area contributed by atoms with Crippen molar-refractivity contribution in [1.82, 2.24) is 9.55 Å². The molecule has 0 saturated heterocycles. The second kappa shape index (κ2) is 6.34. The lowest BCUT2D eigenvalue weighted by Crippen LogP contribution is -2.00. The minimum absolute atomic E-state index is 0.577. The summed E-state index contributed by atoms with van der Waals surface area (Å²) in [5, 5.41) is 2.07. The molecule has 2 heterocycles. The molecule has 0 unspecified atom stereocenters. The molecule has 0 aliphatic rings. The van der Waals surface area contributed by atoms with Crippen molar-refractivity contribution in [3.63, 3.8) is 0 Å². The van der Waals surface area contributed by atoms with Crippen LogP contribution >= 0.6 is 11.3 Å². The fraction of sp³-hybridized carbons (Fsp3) is 0.235. The van der Waals surface area contributed by atoms with Crippen LogP contribution in [0.25, 0.3) is 16.4 Å². The summed E-state index contributed by atoms with van der Waals surface area (Å²) in [6.45, 7) is 2.08. The van der Waals surface area contributed by atoms with Gasteiger partial charge >= 0.3 is 0 Å². The van der Waals surface area contributed by atoms with E-state index in [0.717, 1.165) is 16.4 Å². The van der Waals surface area contributed by atoms with E-state index < -0.39 is 0 Å². The van der Waals surface area contributed by atoms with Crippen LogP contribution in [-0.2, 0) is 0 Å². The van der Waals surface area contributed by atoms with Crippen molar-refractivity contribution in [3.05, 3.63) is 41.5 Å². The van der Waals surface area contributed by atoms with Gasteiger partial charge in [0, 0.05) is 24.5 Å². The number of aryl methyl sites for hydroxylation is 1. The second-order valence-corrected chi connectivity index (χ2v) is 5.85. The lowest BCUT2D eigenvalue weighted by Gasteiger charge is -2.15. The summed E-state index contributed by atoms with van der Waals surface area (Å²) in [6, 6.07) is 5.92. The molecule has 6 heteroatoms. The van der Waals surface area contributed by atoms with Gasteiger partial charge in [-0.2, -0.15) is 0 Å². The minimum Gasteiger partial charge on any atom is -0.493 e. The summed E-state index contributed by atoms with van der Waals surface area (Å²) >= 11 is 1.67. The van der Waals surface area contributed by atoms with E-state index >= 15 is 0 Å². The third-order valence-electron chi connectivity index (χ3n) is 3.63. The van der Waals surface area contributed by atoms with Gasteiger partial charge in [-0.25, -0.2) is 4.98 Å². The topological polar surface area (TPSA) is 45.5 Å². The predicted octanol–water partition coefficient (Wildman–Crippen LogP) is 3.94. The lowest BCUT2D eigenvalue weighted by molar-refractivity contribution is 0.324. The summed E-state index contributed by atoms with van der Waals surface area (Å²) < 4.78 is 18.3. The lowest BCUT2D eigenvalue weighted by atomic mass is 10.2. The van der Waals surface area contributed by atoms with Crippen LogP contribution in [0.5, 0.6) is 17.2 Å². The van der Waals surface area contributed by atoms with E-state index in [1.54, 1.807) is 38.9 Å². The molecule has 5 nitrogen and oxygen atoms in total. The van der Waals surface area contributed by atoms with Gasteiger partial charge in [0.05, 0.1) is 31.9 Å². The van der Waals surface area contributed by atoms with Gasteiger partial charge in [0.25, 0.3) is 0 Å². The van der Waals surface area contributed by atoms with Gasteiger partial charge in [-0.15, -0.1) is 11.3 Å². The zero-order chi connectivity index (χ0) is 16.4. The molecule has 0 amide bonds. The number of aromatic nitrogens is 2. The highest BCUT2D eigenvalue weighted by Crippen LogP contribution is 2.40. The summed E-state index contributed by atoms with van der Waals surface area (Å²) in [6.07, 6.45) is 3.72. The van der Waals surface area contributed by atoms with Crippen molar-refractivity contribution in [2.45, 2.75) is 6.92 Å². The van der Waals surface area contributed by atoms with E-state index in [9.17, 15) is 0 Å². The average molecular weight is 330 g/mol. The van der Waals surface area contributed by atoms with Crippen molar-refractivity contribution in [2.75, 3.05) is 21.3 Å². The maximum Gasteiger partial charge on any atom is 0.203 e. The summed E-state index contributed by atoms with van der Waals surface area (Å²) in [5.41, 5.74) is 2.11. The number of hydrogen-bond acceptors (Lipinski definition) is 5. The van der Waals surface area contributed by atoms with Crippen LogP contribution in [-0.4, -0.2) is 30.9 Å². The average Bonchev–Trinajstić information content (AvgIpc) is 3.21. The van der Waals surface area contributed by atoms with E-state index in [2.05, 4.69) is 23.4 Å². The second-order valence-electron chi connectivity index (χ2n) is 4.94. The van der Waals surface area contributed by atoms with E-state index in [4.69, 9.17) is 14.2 Å². The summed E-state index contributed by atoms with van der Waals surface area (Å²) in [7, 11) is 4.82. The van der Waals surface area contributed by atoms with E-state index in [0.29, 0.717) is 17.2 Å². The largest absolute Gasteiger partial charge is 0.493 e. The number of ether oxygens (including phenoxy) is 3. The molecule has 0 fully saturated rings. The molecule has 2 aromatic heterocycles. The van der Waals surface area contributed by atoms with E-state index in [1.165, 1.54) is 5.56 Å². The molecule has 1 aromatic carbocycles.